The Morgan fingerprint density at radius 2 is 1.83 bits per heavy atom. The van der Waals surface area contributed by atoms with E-state index in [1.807, 2.05) is 36.5 Å². The van der Waals surface area contributed by atoms with Gasteiger partial charge in [0.15, 0.2) is 11.5 Å². The molecule has 0 aliphatic rings. The molecule has 112 valence electrons. The van der Waals surface area contributed by atoms with Gasteiger partial charge in [-0.05, 0) is 36.4 Å². The third-order valence-corrected chi connectivity index (χ3v) is 3.59. The summed E-state index contributed by atoms with van der Waals surface area (Å²) in [5.74, 6) is -0.889. The van der Waals surface area contributed by atoms with Crippen molar-refractivity contribution in [2.24, 2.45) is 0 Å². The zero-order chi connectivity index (χ0) is 15.8. The van der Waals surface area contributed by atoms with Gasteiger partial charge in [0.2, 0.25) is 0 Å². The molecule has 0 aliphatic heterocycles. The number of hydrogen-bond donors (Lipinski definition) is 3. The summed E-state index contributed by atoms with van der Waals surface area (Å²) < 4.78 is 0. The molecule has 0 aliphatic carbocycles. The Kier molecular flexibility index (Phi) is 2.94. The number of nitrogens with zero attached hydrogens (tertiary/aromatic N) is 2. The van der Waals surface area contributed by atoms with Crippen LogP contribution in [0.25, 0.3) is 21.9 Å². The van der Waals surface area contributed by atoms with Crippen molar-refractivity contribution in [2.45, 2.75) is 0 Å². The number of nitrogens with one attached hydrogen (secondary N) is 2. The number of carbonyl (C=O) groups is 1. The largest absolute Gasteiger partial charge is 0.476 e. The number of para-hydroxylation sites is 2. The molecule has 0 radical (unpaired) electrons. The number of carboxylic acids is 1. The quantitative estimate of drug-likeness (QED) is 0.538. The van der Waals surface area contributed by atoms with Crippen LogP contribution in [0, 0.1) is 0 Å². The van der Waals surface area contributed by atoms with Crippen LogP contribution in [0.1, 0.15) is 10.5 Å². The molecule has 2 heterocycles. The molecule has 4 aromatic rings. The van der Waals surface area contributed by atoms with Gasteiger partial charge in [0.25, 0.3) is 0 Å². The van der Waals surface area contributed by atoms with Gasteiger partial charge in [0.05, 0.1) is 11.0 Å². The van der Waals surface area contributed by atoms with Crippen molar-refractivity contribution < 1.29 is 9.90 Å². The molecule has 6 heteroatoms. The Hall–Kier alpha value is -3.41. The SMILES string of the molecule is O=C(O)c1nc2ccccc2nc1Nc1ccc2[nH]ccc2c1. The van der Waals surface area contributed by atoms with E-state index in [-0.39, 0.29) is 11.5 Å². The number of aromatic amines is 1. The van der Waals surface area contributed by atoms with E-state index >= 15 is 0 Å². The molecule has 0 bridgehead atoms. The second-order valence-electron chi connectivity index (χ2n) is 5.12. The highest BCUT2D eigenvalue weighted by Gasteiger charge is 2.15. The van der Waals surface area contributed by atoms with Gasteiger partial charge in [-0.15, -0.1) is 0 Å². The molecular weight excluding hydrogens is 292 g/mol. The Balaban J connectivity index is 1.82. The minimum Gasteiger partial charge on any atom is -0.476 e. The number of fused-ring (bicyclic) bond motifs is 2. The standard InChI is InChI=1S/C17H12N4O2/c22-17(23)15-16(21-14-4-2-1-3-13(14)20-15)19-11-5-6-12-10(9-11)7-8-18-12/h1-9,18H,(H,19,21)(H,22,23). The predicted octanol–water partition coefficient (Wildman–Crippen LogP) is 3.55. The molecule has 6 nitrogen and oxygen atoms in total. The number of benzene rings is 2. The predicted molar refractivity (Wildman–Crippen MR) is 88.1 cm³/mol. The molecule has 23 heavy (non-hydrogen) atoms. The lowest BCUT2D eigenvalue weighted by atomic mass is 10.2. The average molecular weight is 304 g/mol. The maximum Gasteiger partial charge on any atom is 0.358 e. The smallest absolute Gasteiger partial charge is 0.358 e. The molecule has 0 saturated heterocycles. The fourth-order valence-corrected chi connectivity index (χ4v) is 2.50. The second-order valence-corrected chi connectivity index (χ2v) is 5.12. The minimum atomic E-state index is -1.12. The van der Waals surface area contributed by atoms with Gasteiger partial charge in [-0.3, -0.25) is 0 Å². The number of carboxylic acid groups (broad SMARTS) is 1. The fourth-order valence-electron chi connectivity index (χ4n) is 2.50. The Bertz CT molecular complexity index is 1040. The van der Waals surface area contributed by atoms with E-state index in [9.17, 15) is 9.90 Å². The Morgan fingerprint density at radius 1 is 1.04 bits per heavy atom. The molecule has 0 unspecified atom stereocenters. The molecule has 0 fully saturated rings. The van der Waals surface area contributed by atoms with Gasteiger partial charge in [0, 0.05) is 22.8 Å². The van der Waals surface area contributed by atoms with Crippen molar-refractivity contribution in [2.75, 3.05) is 5.32 Å². The first-order chi connectivity index (χ1) is 11.2. The van der Waals surface area contributed by atoms with Gasteiger partial charge >= 0.3 is 5.97 Å². The highest BCUT2D eigenvalue weighted by atomic mass is 16.4. The van der Waals surface area contributed by atoms with Crippen molar-refractivity contribution in [3.8, 4) is 0 Å². The normalized spacial score (nSPS) is 11.0. The van der Waals surface area contributed by atoms with Crippen LogP contribution in [0.3, 0.4) is 0 Å². The Labute approximate surface area is 130 Å². The summed E-state index contributed by atoms with van der Waals surface area (Å²) in [6.07, 6.45) is 1.85. The van der Waals surface area contributed by atoms with E-state index in [1.165, 1.54) is 0 Å². The molecular formula is C17H12N4O2. The van der Waals surface area contributed by atoms with Crippen molar-refractivity contribution in [3.63, 3.8) is 0 Å². The lowest BCUT2D eigenvalue weighted by Crippen LogP contribution is -2.08. The van der Waals surface area contributed by atoms with Crippen LogP contribution in [-0.4, -0.2) is 26.0 Å². The van der Waals surface area contributed by atoms with E-state index in [1.54, 1.807) is 18.2 Å². The van der Waals surface area contributed by atoms with Gasteiger partial charge in [0.1, 0.15) is 0 Å². The first-order valence-corrected chi connectivity index (χ1v) is 7.05. The summed E-state index contributed by atoms with van der Waals surface area (Å²) in [6.45, 7) is 0. The van der Waals surface area contributed by atoms with Crippen LogP contribution >= 0.6 is 0 Å². The number of hydrogen-bond acceptors (Lipinski definition) is 4. The molecule has 2 aromatic heterocycles. The third-order valence-electron chi connectivity index (χ3n) is 3.59. The van der Waals surface area contributed by atoms with Crippen molar-refractivity contribution >= 4 is 39.4 Å². The van der Waals surface area contributed by atoms with Crippen LogP contribution in [0.2, 0.25) is 0 Å². The first-order valence-electron chi connectivity index (χ1n) is 7.05. The lowest BCUT2D eigenvalue weighted by molar-refractivity contribution is 0.0692. The maximum atomic E-state index is 11.5. The van der Waals surface area contributed by atoms with Gasteiger partial charge in [-0.2, -0.15) is 0 Å². The lowest BCUT2D eigenvalue weighted by Gasteiger charge is -2.09. The second kappa shape index (κ2) is 5.10. The zero-order valence-corrected chi connectivity index (χ0v) is 11.9. The summed E-state index contributed by atoms with van der Waals surface area (Å²) in [4.78, 5) is 23.2. The number of anilines is 2. The van der Waals surface area contributed by atoms with E-state index < -0.39 is 5.97 Å². The first kappa shape index (κ1) is 13.3. The van der Waals surface area contributed by atoms with Crippen molar-refractivity contribution in [3.05, 3.63) is 60.4 Å². The van der Waals surface area contributed by atoms with E-state index in [2.05, 4.69) is 20.3 Å². The molecule has 0 spiro atoms. The number of H-pyrrole nitrogens is 1. The van der Waals surface area contributed by atoms with Gasteiger partial charge in [-0.25, -0.2) is 14.8 Å². The van der Waals surface area contributed by atoms with Crippen molar-refractivity contribution in [1.82, 2.24) is 15.0 Å². The maximum absolute atomic E-state index is 11.5. The van der Waals surface area contributed by atoms with Crippen LogP contribution in [0.5, 0.6) is 0 Å². The summed E-state index contributed by atoms with van der Waals surface area (Å²) in [6, 6.07) is 14.8. The fraction of sp³-hybridized carbons (Fsp3) is 0. The third kappa shape index (κ3) is 2.36. The molecule has 2 aromatic carbocycles. The topological polar surface area (TPSA) is 90.9 Å². The van der Waals surface area contributed by atoms with E-state index in [0.29, 0.717) is 11.0 Å². The van der Waals surface area contributed by atoms with Crippen molar-refractivity contribution in [1.29, 1.82) is 0 Å². The molecule has 0 amide bonds. The van der Waals surface area contributed by atoms with E-state index in [4.69, 9.17) is 0 Å². The highest BCUT2D eigenvalue weighted by Crippen LogP contribution is 2.24. The van der Waals surface area contributed by atoms with Crippen LogP contribution in [0.4, 0.5) is 11.5 Å². The summed E-state index contributed by atoms with van der Waals surface area (Å²) in [7, 11) is 0. The Morgan fingerprint density at radius 3 is 2.61 bits per heavy atom. The molecule has 0 saturated carbocycles. The van der Waals surface area contributed by atoms with E-state index in [0.717, 1.165) is 16.6 Å². The van der Waals surface area contributed by atoms with Gasteiger partial charge < -0.3 is 15.4 Å². The number of aromatic nitrogens is 3. The molecule has 4 rings (SSSR count). The molecule has 3 N–H and O–H groups in total. The number of rotatable bonds is 3. The minimum absolute atomic E-state index is 0.0992. The summed E-state index contributed by atoms with van der Waals surface area (Å²) in [5.41, 5.74) is 2.86. The van der Waals surface area contributed by atoms with Crippen LogP contribution in [-0.2, 0) is 0 Å². The van der Waals surface area contributed by atoms with Crippen LogP contribution in [0.15, 0.2) is 54.7 Å². The molecule has 0 atom stereocenters. The summed E-state index contributed by atoms with van der Waals surface area (Å²) >= 11 is 0. The van der Waals surface area contributed by atoms with Crippen LogP contribution < -0.4 is 5.32 Å². The van der Waals surface area contributed by atoms with Gasteiger partial charge in [-0.1, -0.05) is 12.1 Å². The zero-order valence-electron chi connectivity index (χ0n) is 11.9. The summed E-state index contributed by atoms with van der Waals surface area (Å²) in [5, 5.41) is 13.5. The number of aromatic carboxylic acids is 1. The highest BCUT2D eigenvalue weighted by molar-refractivity contribution is 5.95. The monoisotopic (exact) mass is 304 g/mol. The average Bonchev–Trinajstić information content (AvgIpc) is 3.01.